The Kier molecular flexibility index (Phi) is 9.22. The smallest absolute Gasteiger partial charge is 0.350 e. The quantitative estimate of drug-likeness (QED) is 0.351. The third-order valence-corrected chi connectivity index (χ3v) is 5.40. The maximum absolute atomic E-state index is 14.1. The number of hydrogen-bond donors (Lipinski definition) is 2. The molecule has 2 amide bonds. The molecule has 0 fully saturated rings. The van der Waals surface area contributed by atoms with Crippen LogP contribution in [0.15, 0.2) is 48.5 Å². The SMILES string of the molecule is O=C(NCCc1cccc(Cl)c1)C(F)(F)C(F)(F)C(F)(F)C(F)(F)C(=O)NCCc1cccc(Cl)c1. The number of amides is 2. The van der Waals surface area contributed by atoms with Crippen molar-refractivity contribution in [1.29, 1.82) is 0 Å². The van der Waals surface area contributed by atoms with Crippen LogP contribution in [-0.2, 0) is 22.4 Å². The summed E-state index contributed by atoms with van der Waals surface area (Å²) in [6.45, 7) is -1.45. The van der Waals surface area contributed by atoms with Crippen LogP contribution in [0.3, 0.4) is 0 Å². The topological polar surface area (TPSA) is 58.2 Å². The second-order valence-electron chi connectivity index (χ2n) is 7.57. The van der Waals surface area contributed by atoms with E-state index in [-0.39, 0.29) is 22.9 Å². The van der Waals surface area contributed by atoms with Gasteiger partial charge in [-0.05, 0) is 48.2 Å². The molecule has 0 saturated heterocycles. The summed E-state index contributed by atoms with van der Waals surface area (Å²) < 4.78 is 112. The summed E-state index contributed by atoms with van der Waals surface area (Å²) >= 11 is 11.4. The lowest BCUT2D eigenvalue weighted by molar-refractivity contribution is -0.347. The molecule has 0 aromatic heterocycles. The highest BCUT2D eigenvalue weighted by Crippen LogP contribution is 2.52. The summed E-state index contributed by atoms with van der Waals surface area (Å²) in [5.41, 5.74) is 0.758. The predicted octanol–water partition coefficient (Wildman–Crippen LogP) is 5.55. The Morgan fingerprint density at radius 3 is 1.28 bits per heavy atom. The van der Waals surface area contributed by atoms with Gasteiger partial charge in [0, 0.05) is 23.1 Å². The third kappa shape index (κ3) is 6.20. The number of rotatable bonds is 11. The number of benzene rings is 2. The average Bonchev–Trinajstić information content (AvgIpc) is 2.78. The van der Waals surface area contributed by atoms with E-state index in [0.717, 1.165) is 0 Å². The molecule has 0 bridgehead atoms. The van der Waals surface area contributed by atoms with Crippen molar-refractivity contribution >= 4 is 35.0 Å². The van der Waals surface area contributed by atoms with Gasteiger partial charge in [-0.2, -0.15) is 35.1 Å². The molecule has 2 N–H and O–H groups in total. The van der Waals surface area contributed by atoms with E-state index in [1.54, 1.807) is 0 Å². The van der Waals surface area contributed by atoms with Crippen LogP contribution in [0.25, 0.3) is 0 Å². The third-order valence-electron chi connectivity index (χ3n) is 4.93. The van der Waals surface area contributed by atoms with Gasteiger partial charge in [0.25, 0.3) is 11.8 Å². The van der Waals surface area contributed by atoms with Crippen molar-refractivity contribution in [3.8, 4) is 0 Å². The molecule has 0 aliphatic heterocycles. The predicted molar refractivity (Wildman–Crippen MR) is 116 cm³/mol. The minimum Gasteiger partial charge on any atom is -0.350 e. The summed E-state index contributed by atoms with van der Waals surface area (Å²) in [5.74, 6) is -32.3. The standard InChI is InChI=1S/C22H18Cl2F8N2O2/c23-15-5-1-3-13(11-15)7-9-33-17(35)19(25,26)21(29,30)22(31,32)20(27,28)18(36)34-10-8-14-4-2-6-16(24)12-14/h1-6,11-12H,7-10H2,(H,33,35)(H,34,36). The fourth-order valence-corrected chi connectivity index (χ4v) is 3.35. The number of halogens is 10. The van der Waals surface area contributed by atoms with E-state index in [1.807, 2.05) is 0 Å². The molecule has 0 unspecified atom stereocenters. The summed E-state index contributed by atoms with van der Waals surface area (Å²) in [6, 6.07) is 11.5. The number of carbonyl (C=O) groups excluding carboxylic acids is 2. The largest absolute Gasteiger partial charge is 0.392 e. The zero-order valence-electron chi connectivity index (χ0n) is 18.0. The van der Waals surface area contributed by atoms with Gasteiger partial charge in [-0.1, -0.05) is 47.5 Å². The normalized spacial score (nSPS) is 12.8. The second kappa shape index (κ2) is 11.2. The number of alkyl halides is 8. The van der Waals surface area contributed by atoms with Crippen LogP contribution < -0.4 is 10.6 Å². The lowest BCUT2D eigenvalue weighted by atomic mass is 9.97. The Morgan fingerprint density at radius 1 is 0.639 bits per heavy atom. The van der Waals surface area contributed by atoms with Gasteiger partial charge in [0.05, 0.1) is 0 Å². The average molecular weight is 565 g/mol. The maximum Gasteiger partial charge on any atom is 0.392 e. The van der Waals surface area contributed by atoms with Crippen molar-refractivity contribution in [2.45, 2.75) is 36.5 Å². The summed E-state index contributed by atoms with van der Waals surface area (Å²) in [5, 5.41) is 3.09. The molecule has 0 atom stereocenters. The van der Waals surface area contributed by atoms with Gasteiger partial charge in [0.2, 0.25) is 0 Å². The maximum atomic E-state index is 14.1. The fraction of sp³-hybridized carbons (Fsp3) is 0.364. The molecular formula is C22H18Cl2F8N2O2. The molecule has 4 nitrogen and oxygen atoms in total. The van der Waals surface area contributed by atoms with Crippen LogP contribution in [0.2, 0.25) is 10.0 Å². The Labute approximate surface area is 209 Å². The number of nitrogens with one attached hydrogen (secondary N) is 2. The molecule has 2 aromatic rings. The highest BCUT2D eigenvalue weighted by atomic mass is 35.5. The van der Waals surface area contributed by atoms with Crippen LogP contribution in [0.4, 0.5) is 35.1 Å². The first-order valence-electron chi connectivity index (χ1n) is 10.1. The van der Waals surface area contributed by atoms with E-state index in [9.17, 15) is 44.7 Å². The molecule has 0 spiro atoms. The first-order chi connectivity index (χ1) is 16.5. The van der Waals surface area contributed by atoms with Crippen molar-refractivity contribution in [2.75, 3.05) is 13.1 Å². The minimum atomic E-state index is -6.94. The Hall–Kier alpha value is -2.60. The van der Waals surface area contributed by atoms with Crippen LogP contribution in [0.1, 0.15) is 11.1 Å². The lowest BCUT2D eigenvalue weighted by Gasteiger charge is -2.35. The van der Waals surface area contributed by atoms with Gasteiger partial charge in [0.15, 0.2) is 0 Å². The van der Waals surface area contributed by atoms with Crippen LogP contribution in [0, 0.1) is 0 Å². The summed E-state index contributed by atoms with van der Waals surface area (Å²) in [6.07, 6.45) is -0.426. The lowest BCUT2D eigenvalue weighted by Crippen LogP contribution is -2.69. The molecule has 14 heteroatoms. The van der Waals surface area contributed by atoms with Gasteiger partial charge in [0.1, 0.15) is 0 Å². The minimum absolute atomic E-state index is 0.213. The van der Waals surface area contributed by atoms with E-state index in [2.05, 4.69) is 0 Å². The summed E-state index contributed by atoms with van der Waals surface area (Å²) in [7, 11) is 0. The monoisotopic (exact) mass is 564 g/mol. The molecule has 0 aliphatic carbocycles. The first-order valence-corrected chi connectivity index (χ1v) is 10.9. The molecular weight excluding hydrogens is 547 g/mol. The molecule has 0 radical (unpaired) electrons. The highest BCUT2D eigenvalue weighted by molar-refractivity contribution is 6.30. The van der Waals surface area contributed by atoms with E-state index in [0.29, 0.717) is 11.1 Å². The molecule has 36 heavy (non-hydrogen) atoms. The first kappa shape index (κ1) is 29.6. The van der Waals surface area contributed by atoms with E-state index >= 15 is 0 Å². The number of hydrogen-bond acceptors (Lipinski definition) is 2. The summed E-state index contributed by atoms with van der Waals surface area (Å²) in [4.78, 5) is 23.2. The highest BCUT2D eigenvalue weighted by Gasteiger charge is 2.84. The van der Waals surface area contributed by atoms with Crippen LogP contribution in [-0.4, -0.2) is 48.6 Å². The Balaban J connectivity index is 2.07. The molecule has 2 aromatic carbocycles. The Morgan fingerprint density at radius 2 is 0.972 bits per heavy atom. The number of carbonyl (C=O) groups is 2. The second-order valence-corrected chi connectivity index (χ2v) is 8.44. The van der Waals surface area contributed by atoms with Crippen LogP contribution in [0.5, 0.6) is 0 Å². The van der Waals surface area contributed by atoms with Crippen molar-refractivity contribution in [3.63, 3.8) is 0 Å². The molecule has 2 rings (SSSR count). The van der Waals surface area contributed by atoms with E-state index in [4.69, 9.17) is 23.2 Å². The van der Waals surface area contributed by atoms with Gasteiger partial charge in [-0.15, -0.1) is 0 Å². The van der Waals surface area contributed by atoms with Gasteiger partial charge in [-0.25, -0.2) is 0 Å². The zero-order valence-corrected chi connectivity index (χ0v) is 19.6. The molecule has 0 heterocycles. The van der Waals surface area contributed by atoms with Gasteiger partial charge < -0.3 is 10.6 Å². The molecule has 0 saturated carbocycles. The fourth-order valence-electron chi connectivity index (χ4n) is 2.93. The van der Waals surface area contributed by atoms with Crippen molar-refractivity contribution in [1.82, 2.24) is 10.6 Å². The van der Waals surface area contributed by atoms with Gasteiger partial charge >= 0.3 is 23.7 Å². The molecule has 0 aliphatic rings. The van der Waals surface area contributed by atoms with Crippen molar-refractivity contribution < 1.29 is 44.7 Å². The van der Waals surface area contributed by atoms with Crippen molar-refractivity contribution in [2.24, 2.45) is 0 Å². The van der Waals surface area contributed by atoms with E-state index < -0.39 is 48.6 Å². The Bertz CT molecular complexity index is 1010. The molecule has 198 valence electrons. The van der Waals surface area contributed by atoms with E-state index in [1.165, 1.54) is 59.2 Å². The zero-order chi connectivity index (χ0) is 27.4. The van der Waals surface area contributed by atoms with Crippen molar-refractivity contribution in [3.05, 3.63) is 69.7 Å². The van der Waals surface area contributed by atoms with Gasteiger partial charge in [-0.3, -0.25) is 9.59 Å². The van der Waals surface area contributed by atoms with Crippen LogP contribution >= 0.6 is 23.2 Å².